The minimum absolute atomic E-state index is 0.0898. The molecular formula is C40H38F3N11O4. The van der Waals surface area contributed by atoms with Crippen LogP contribution >= 0.6 is 0 Å². The number of alkyl halides is 3. The van der Waals surface area contributed by atoms with Crippen LogP contribution in [0, 0.1) is 29.6 Å². The van der Waals surface area contributed by atoms with Crippen molar-refractivity contribution < 1.29 is 32.2 Å². The van der Waals surface area contributed by atoms with Crippen molar-refractivity contribution in [3.05, 3.63) is 89.5 Å². The molecule has 2 N–H and O–H groups in total. The lowest BCUT2D eigenvalue weighted by Crippen LogP contribution is -2.48. The van der Waals surface area contributed by atoms with E-state index in [-0.39, 0.29) is 31.4 Å². The van der Waals surface area contributed by atoms with Crippen LogP contribution in [0.3, 0.4) is 0 Å². The lowest BCUT2D eigenvalue weighted by atomic mass is 10.0. The maximum Gasteiger partial charge on any atom is 0.417 e. The first-order valence-electron chi connectivity index (χ1n) is 18.3. The largest absolute Gasteiger partial charge is 0.490 e. The number of unbranched alkanes of at least 4 members (excludes halogenated alkanes) is 2. The van der Waals surface area contributed by atoms with Gasteiger partial charge in [-0.15, -0.1) is 0 Å². The fraction of sp³-hybridized carbons (Fsp3) is 0.325. The summed E-state index contributed by atoms with van der Waals surface area (Å²) >= 11 is 0. The molecule has 0 saturated carbocycles. The number of amides is 2. The van der Waals surface area contributed by atoms with Gasteiger partial charge < -0.3 is 19.7 Å². The highest BCUT2D eigenvalue weighted by Crippen LogP contribution is 2.35. The zero-order chi connectivity index (χ0) is 41.5. The number of anilines is 3. The number of pyridine rings is 1. The number of fused-ring (bicyclic) bond motifs is 1. The Morgan fingerprint density at radius 1 is 0.983 bits per heavy atom. The molecule has 1 aliphatic heterocycles. The highest BCUT2D eigenvalue weighted by molar-refractivity contribution is 6.01. The van der Waals surface area contributed by atoms with E-state index in [1.54, 1.807) is 41.4 Å². The molecule has 0 bridgehead atoms. The topological polar surface area (TPSA) is 199 Å². The zero-order valence-electron chi connectivity index (χ0n) is 31.8. The molecule has 0 unspecified atom stereocenters. The van der Waals surface area contributed by atoms with Crippen LogP contribution in [0.4, 0.5) is 30.5 Å². The maximum absolute atomic E-state index is 13.6. The average molecular weight is 794 g/mol. The van der Waals surface area contributed by atoms with Crippen molar-refractivity contribution >= 4 is 29.1 Å². The first-order valence-corrected chi connectivity index (χ1v) is 18.3. The van der Waals surface area contributed by atoms with Crippen molar-refractivity contribution in [2.75, 3.05) is 48.0 Å². The Hall–Kier alpha value is -6.92. The fourth-order valence-corrected chi connectivity index (χ4v) is 6.26. The van der Waals surface area contributed by atoms with E-state index >= 15 is 0 Å². The number of benzene rings is 2. The number of carbonyl (C=O) groups is 2. The zero-order valence-corrected chi connectivity index (χ0v) is 31.8. The van der Waals surface area contributed by atoms with E-state index in [1.165, 1.54) is 25.4 Å². The van der Waals surface area contributed by atoms with Crippen LogP contribution in [0.2, 0.25) is 0 Å². The van der Waals surface area contributed by atoms with Gasteiger partial charge in [-0.05, 0) is 94.6 Å². The number of nitriles is 2. The van der Waals surface area contributed by atoms with Gasteiger partial charge in [-0.1, -0.05) is 0 Å². The standard InChI is InChI=1S/C40H38F3N11O4/c1-4-54-34(55)22-53(36-37(54)51-33(21-46-36)30-14-15-32(49-25(30)2)35-47-24-48-52-35)16-6-5-7-17-58-39(3,23-57-29-12-8-26(19-44)9-13-29)38(56)50-28-11-10-27(20-45)31(18-28)40(41,42)43/h8-15,18,21,24H,4-7,16-17,22-23H2,1-3H3,(H,50,56)(H,47,48,52)/t39-/m0/s1. The van der Waals surface area contributed by atoms with E-state index in [4.69, 9.17) is 30.0 Å². The number of carbonyl (C=O) groups excluding carboxylic acids is 2. The van der Waals surface area contributed by atoms with Crippen molar-refractivity contribution in [1.82, 2.24) is 30.1 Å². The van der Waals surface area contributed by atoms with Crippen molar-refractivity contribution in [1.29, 1.82) is 10.5 Å². The van der Waals surface area contributed by atoms with Crippen molar-refractivity contribution in [2.24, 2.45) is 0 Å². The number of hydrogen-bond donors (Lipinski definition) is 2. The summed E-state index contributed by atoms with van der Waals surface area (Å²) in [5.74, 6) is 0.955. The SMILES string of the molecule is CCN1C(=O)CN(CCCCCO[C@@](C)(COc2ccc(C#N)cc2)C(=O)Nc2ccc(C#N)c(C(F)(F)F)c2)c2ncc(-c3ccc(-c4nc[nH]n4)nc3C)nc21. The van der Waals surface area contributed by atoms with Crippen molar-refractivity contribution in [2.45, 2.75) is 51.8 Å². The molecule has 18 heteroatoms. The van der Waals surface area contributed by atoms with E-state index in [2.05, 4.69) is 25.5 Å². The smallest absolute Gasteiger partial charge is 0.417 e. The predicted octanol–water partition coefficient (Wildman–Crippen LogP) is 6.23. The van der Waals surface area contributed by atoms with Crippen LogP contribution in [-0.2, 0) is 20.5 Å². The summed E-state index contributed by atoms with van der Waals surface area (Å²) in [7, 11) is 0. The number of aromatic nitrogens is 6. The van der Waals surface area contributed by atoms with E-state index in [0.717, 1.165) is 11.6 Å². The van der Waals surface area contributed by atoms with E-state index in [0.29, 0.717) is 84.3 Å². The Balaban J connectivity index is 1.10. The number of rotatable bonds is 15. The number of hydrogen-bond acceptors (Lipinski definition) is 12. The van der Waals surface area contributed by atoms with Gasteiger partial charge in [0.15, 0.2) is 23.1 Å². The third kappa shape index (κ3) is 9.20. The number of nitrogens with zero attached hydrogens (tertiary/aromatic N) is 9. The van der Waals surface area contributed by atoms with Crippen LogP contribution in [0.1, 0.15) is 55.5 Å². The first kappa shape index (κ1) is 40.7. The molecule has 5 aromatic rings. The summed E-state index contributed by atoms with van der Waals surface area (Å²) in [5, 5.41) is 27.5. The third-order valence-corrected chi connectivity index (χ3v) is 9.41. The molecule has 3 aromatic heterocycles. The summed E-state index contributed by atoms with van der Waals surface area (Å²) in [6, 6.07) is 16.3. The van der Waals surface area contributed by atoms with Crippen LogP contribution in [0.15, 0.2) is 67.1 Å². The minimum Gasteiger partial charge on any atom is -0.490 e. The molecule has 1 atom stereocenters. The molecule has 0 saturated heterocycles. The lowest BCUT2D eigenvalue weighted by molar-refractivity contribution is -0.143. The van der Waals surface area contributed by atoms with Crippen LogP contribution in [0.5, 0.6) is 5.75 Å². The Labute approximate surface area is 331 Å². The van der Waals surface area contributed by atoms with Gasteiger partial charge in [0.25, 0.3) is 5.91 Å². The molecule has 2 amide bonds. The molecule has 0 spiro atoms. The lowest BCUT2D eigenvalue weighted by Gasteiger charge is -2.35. The Kier molecular flexibility index (Phi) is 12.3. The molecule has 15 nitrogen and oxygen atoms in total. The number of aryl methyl sites for hydroxylation is 1. The quantitative estimate of drug-likeness (QED) is 0.114. The second-order valence-electron chi connectivity index (χ2n) is 13.5. The number of nitrogens with one attached hydrogen (secondary N) is 2. The van der Waals surface area contributed by atoms with Gasteiger partial charge >= 0.3 is 6.18 Å². The predicted molar refractivity (Wildman–Crippen MR) is 205 cm³/mol. The van der Waals surface area contributed by atoms with E-state index in [9.17, 15) is 22.8 Å². The third-order valence-electron chi connectivity index (χ3n) is 9.41. The molecule has 2 aromatic carbocycles. The number of halogens is 3. The number of ether oxygens (including phenoxy) is 2. The van der Waals surface area contributed by atoms with Gasteiger partial charge in [-0.25, -0.2) is 19.9 Å². The van der Waals surface area contributed by atoms with Gasteiger partial charge in [0, 0.05) is 36.6 Å². The summed E-state index contributed by atoms with van der Waals surface area (Å²) in [5.41, 5.74) is -0.593. The van der Waals surface area contributed by atoms with Crippen LogP contribution in [-0.4, -0.2) is 80.4 Å². The molecule has 0 fully saturated rings. The van der Waals surface area contributed by atoms with Gasteiger partial charge in [0.2, 0.25) is 5.91 Å². The van der Waals surface area contributed by atoms with E-state index < -0.39 is 28.8 Å². The molecule has 6 rings (SSSR count). The fourth-order valence-electron chi connectivity index (χ4n) is 6.26. The summed E-state index contributed by atoms with van der Waals surface area (Å²) in [6.07, 6.45) is 0.0717. The summed E-state index contributed by atoms with van der Waals surface area (Å²) < 4.78 is 52.9. The van der Waals surface area contributed by atoms with Gasteiger partial charge in [-0.3, -0.25) is 19.6 Å². The number of likely N-dealkylation sites (N-methyl/N-ethyl adjacent to an activating group) is 1. The first-order chi connectivity index (χ1) is 27.8. The van der Waals surface area contributed by atoms with Gasteiger partial charge in [-0.2, -0.15) is 28.8 Å². The molecule has 58 heavy (non-hydrogen) atoms. The van der Waals surface area contributed by atoms with Crippen molar-refractivity contribution in [3.8, 4) is 40.7 Å². The van der Waals surface area contributed by atoms with Gasteiger partial charge in [0.05, 0.1) is 47.3 Å². The molecule has 0 radical (unpaired) electrons. The highest BCUT2D eigenvalue weighted by Gasteiger charge is 2.38. The molecular weight excluding hydrogens is 756 g/mol. The maximum atomic E-state index is 13.6. The number of aromatic amines is 1. The van der Waals surface area contributed by atoms with Crippen LogP contribution < -0.4 is 19.9 Å². The second-order valence-corrected chi connectivity index (χ2v) is 13.5. The highest BCUT2D eigenvalue weighted by atomic mass is 19.4. The summed E-state index contributed by atoms with van der Waals surface area (Å²) in [4.78, 5) is 48.8. The normalized spacial score (nSPS) is 13.6. The second kappa shape index (κ2) is 17.5. The Morgan fingerprint density at radius 3 is 2.45 bits per heavy atom. The minimum atomic E-state index is -4.82. The monoisotopic (exact) mass is 793 g/mol. The van der Waals surface area contributed by atoms with Crippen LogP contribution in [0.25, 0.3) is 22.8 Å². The average Bonchev–Trinajstić information content (AvgIpc) is 3.76. The molecule has 4 heterocycles. The van der Waals surface area contributed by atoms with Crippen molar-refractivity contribution in [3.63, 3.8) is 0 Å². The number of H-pyrrole nitrogens is 1. The van der Waals surface area contributed by atoms with Gasteiger partial charge in [0.1, 0.15) is 24.4 Å². The Bertz CT molecular complexity index is 2360. The molecule has 1 aliphatic rings. The van der Waals surface area contributed by atoms with E-state index in [1.807, 2.05) is 30.9 Å². The Morgan fingerprint density at radius 2 is 1.78 bits per heavy atom. The molecule has 298 valence electrons. The summed E-state index contributed by atoms with van der Waals surface area (Å²) in [6.45, 7) is 5.98. The molecule has 0 aliphatic carbocycles.